The first kappa shape index (κ1) is 32.1. The second-order valence-corrected chi connectivity index (χ2v) is 13.8. The molecule has 1 saturated carbocycles. The Bertz CT molecular complexity index is 1770. The zero-order chi connectivity index (χ0) is 33.0. The molecule has 3 aromatic rings. The molecule has 12 nitrogen and oxygen atoms in total. The number of fused-ring (bicyclic) bond motifs is 1. The van der Waals surface area contributed by atoms with Gasteiger partial charge in [-0.15, -0.1) is 0 Å². The molecule has 0 radical (unpaired) electrons. The first-order valence-electron chi connectivity index (χ1n) is 14.7. The standard InChI is InChI=1S/C31H37ClFN5O7/c1-30(2,3)44-27(41)34-22-15-36(14-20(22)16-7-11-18(39)12-8-16)25-21(33)13-19-24(23(25)32)37(17-9-10-17)29(43)38(26(19)40)35-28(42)45-31(4,5)6/h7-8,11-13,17,20,22,39H,9-10,14-15H2,1-6H3,(H,34,41)(H,35,42). The minimum Gasteiger partial charge on any atom is -0.508 e. The van der Waals surface area contributed by atoms with Crippen molar-refractivity contribution in [3.05, 3.63) is 67.6 Å². The van der Waals surface area contributed by atoms with Crippen molar-refractivity contribution >= 4 is 40.4 Å². The number of alkyl carbamates (subject to hydrolysis) is 1. The second kappa shape index (κ2) is 11.6. The Balaban J connectivity index is 1.58. The number of phenolic OH excluding ortho intramolecular Hbond substituents is 1. The van der Waals surface area contributed by atoms with E-state index in [4.69, 9.17) is 21.1 Å². The number of phenols is 1. The Morgan fingerprint density at radius 1 is 0.978 bits per heavy atom. The molecule has 1 aliphatic heterocycles. The summed E-state index contributed by atoms with van der Waals surface area (Å²) in [6.45, 7) is 10.5. The first-order chi connectivity index (χ1) is 20.9. The predicted molar refractivity (Wildman–Crippen MR) is 168 cm³/mol. The number of hydrogen-bond donors (Lipinski definition) is 3. The highest BCUT2D eigenvalue weighted by Crippen LogP contribution is 2.43. The zero-order valence-corrected chi connectivity index (χ0v) is 26.7. The summed E-state index contributed by atoms with van der Waals surface area (Å²) in [5.41, 5.74) is -0.456. The van der Waals surface area contributed by atoms with Crippen LogP contribution in [0.2, 0.25) is 5.02 Å². The van der Waals surface area contributed by atoms with E-state index in [1.807, 2.05) is 0 Å². The van der Waals surface area contributed by atoms with E-state index in [9.17, 15) is 24.3 Å². The normalized spacial score (nSPS) is 18.6. The summed E-state index contributed by atoms with van der Waals surface area (Å²) in [7, 11) is 0. The average molecular weight is 646 g/mol. The van der Waals surface area contributed by atoms with Gasteiger partial charge in [-0.3, -0.25) is 9.36 Å². The summed E-state index contributed by atoms with van der Waals surface area (Å²) in [5.74, 6) is -1.11. The summed E-state index contributed by atoms with van der Waals surface area (Å²) >= 11 is 6.90. The van der Waals surface area contributed by atoms with E-state index in [-0.39, 0.29) is 52.4 Å². The Labute approximate surface area is 263 Å². The molecular formula is C31H37ClFN5O7. The van der Waals surface area contributed by atoms with Crippen LogP contribution in [0.5, 0.6) is 5.75 Å². The van der Waals surface area contributed by atoms with E-state index >= 15 is 4.39 Å². The van der Waals surface area contributed by atoms with Crippen molar-refractivity contribution in [2.45, 2.75) is 83.6 Å². The average Bonchev–Trinajstić information content (AvgIpc) is 3.66. The van der Waals surface area contributed by atoms with Crippen LogP contribution in [0, 0.1) is 5.82 Å². The zero-order valence-electron chi connectivity index (χ0n) is 25.9. The van der Waals surface area contributed by atoms with Crippen molar-refractivity contribution in [3.63, 3.8) is 0 Å². The molecule has 2 heterocycles. The van der Waals surface area contributed by atoms with Gasteiger partial charge in [0.15, 0.2) is 0 Å². The van der Waals surface area contributed by atoms with Crippen molar-refractivity contribution in [1.29, 1.82) is 0 Å². The number of aromatic hydroxyl groups is 1. The molecular weight excluding hydrogens is 609 g/mol. The maximum atomic E-state index is 16.1. The van der Waals surface area contributed by atoms with Crippen molar-refractivity contribution in [1.82, 2.24) is 14.6 Å². The molecule has 2 fully saturated rings. The molecule has 2 aliphatic rings. The minimum absolute atomic E-state index is 0.0347. The number of nitrogens with one attached hydrogen (secondary N) is 2. The molecule has 0 spiro atoms. The van der Waals surface area contributed by atoms with Gasteiger partial charge < -0.3 is 24.8 Å². The van der Waals surface area contributed by atoms with Gasteiger partial charge in [-0.05, 0) is 78.1 Å². The summed E-state index contributed by atoms with van der Waals surface area (Å²) in [6.07, 6.45) is -0.426. The Morgan fingerprint density at radius 3 is 2.16 bits per heavy atom. The van der Waals surface area contributed by atoms with Crippen LogP contribution in [0.3, 0.4) is 0 Å². The third-order valence-corrected chi connectivity index (χ3v) is 7.77. The van der Waals surface area contributed by atoms with Crippen molar-refractivity contribution in [3.8, 4) is 5.75 Å². The minimum atomic E-state index is -1.02. The van der Waals surface area contributed by atoms with Crippen LogP contribution in [-0.2, 0) is 9.47 Å². The van der Waals surface area contributed by atoms with Crippen LogP contribution in [0.15, 0.2) is 39.9 Å². The molecule has 2 atom stereocenters. The molecule has 2 unspecified atom stereocenters. The fourth-order valence-corrected chi connectivity index (χ4v) is 5.91. The number of benzene rings is 2. The second-order valence-electron chi connectivity index (χ2n) is 13.4. The topological polar surface area (TPSA) is 144 Å². The molecule has 45 heavy (non-hydrogen) atoms. The van der Waals surface area contributed by atoms with Crippen LogP contribution < -0.4 is 26.9 Å². The lowest BCUT2D eigenvalue weighted by Crippen LogP contribution is -2.48. The van der Waals surface area contributed by atoms with Gasteiger partial charge in [-0.1, -0.05) is 23.7 Å². The monoisotopic (exact) mass is 645 g/mol. The lowest BCUT2D eigenvalue weighted by atomic mass is 9.94. The van der Waals surface area contributed by atoms with Crippen LogP contribution in [0.4, 0.5) is 19.7 Å². The number of anilines is 1. The van der Waals surface area contributed by atoms with Gasteiger partial charge in [0.05, 0.1) is 27.7 Å². The summed E-state index contributed by atoms with van der Waals surface area (Å²) in [4.78, 5) is 54.0. The number of rotatable bonds is 5. The van der Waals surface area contributed by atoms with Gasteiger partial charge in [0.25, 0.3) is 5.56 Å². The smallest absolute Gasteiger partial charge is 0.427 e. The predicted octanol–water partition coefficient (Wildman–Crippen LogP) is 4.97. The van der Waals surface area contributed by atoms with E-state index in [1.54, 1.807) is 58.6 Å². The van der Waals surface area contributed by atoms with Crippen LogP contribution in [0.1, 0.15) is 71.9 Å². The lowest BCUT2D eigenvalue weighted by molar-refractivity contribution is 0.0503. The highest BCUT2D eigenvalue weighted by Gasteiger charge is 2.39. The summed E-state index contributed by atoms with van der Waals surface area (Å²) < 4.78 is 28.6. The fraction of sp³-hybridized carbons (Fsp3) is 0.484. The number of halogens is 2. The van der Waals surface area contributed by atoms with Crippen LogP contribution in [0.25, 0.3) is 10.9 Å². The van der Waals surface area contributed by atoms with Gasteiger partial charge in [-0.25, -0.2) is 24.2 Å². The molecule has 14 heteroatoms. The maximum absolute atomic E-state index is 16.1. The Morgan fingerprint density at radius 2 is 1.58 bits per heavy atom. The number of carbonyl (C=O) groups is 2. The quantitative estimate of drug-likeness (QED) is 0.353. The van der Waals surface area contributed by atoms with Crippen molar-refractivity contribution in [2.75, 3.05) is 23.4 Å². The van der Waals surface area contributed by atoms with Gasteiger partial charge in [0.2, 0.25) is 0 Å². The molecule has 1 aromatic heterocycles. The van der Waals surface area contributed by atoms with Gasteiger partial charge in [0.1, 0.15) is 22.8 Å². The third kappa shape index (κ3) is 6.87. The largest absolute Gasteiger partial charge is 0.508 e. The molecule has 1 aliphatic carbocycles. The molecule has 2 amide bonds. The van der Waals surface area contributed by atoms with Crippen LogP contribution in [-0.4, -0.2) is 56.9 Å². The van der Waals surface area contributed by atoms with E-state index in [0.29, 0.717) is 17.5 Å². The molecule has 5 rings (SSSR count). The number of nitrogens with zero attached hydrogens (tertiary/aromatic N) is 3. The Kier molecular flexibility index (Phi) is 8.28. The number of aromatic nitrogens is 2. The van der Waals surface area contributed by atoms with Gasteiger partial charge in [0, 0.05) is 25.0 Å². The third-order valence-electron chi connectivity index (χ3n) is 7.41. The molecule has 3 N–H and O–H groups in total. The van der Waals surface area contributed by atoms with Crippen LogP contribution >= 0.6 is 11.6 Å². The number of ether oxygens (including phenoxy) is 2. The fourth-order valence-electron chi connectivity index (χ4n) is 5.51. The number of hydrogen-bond acceptors (Lipinski definition) is 8. The van der Waals surface area contributed by atoms with Gasteiger partial charge >= 0.3 is 17.9 Å². The highest BCUT2D eigenvalue weighted by molar-refractivity contribution is 6.38. The lowest BCUT2D eigenvalue weighted by Gasteiger charge is -2.24. The molecule has 1 saturated heterocycles. The maximum Gasteiger partial charge on any atom is 0.427 e. The molecule has 0 bridgehead atoms. The van der Waals surface area contributed by atoms with E-state index in [0.717, 1.165) is 11.6 Å². The molecule has 242 valence electrons. The van der Waals surface area contributed by atoms with E-state index in [1.165, 1.54) is 16.7 Å². The van der Waals surface area contributed by atoms with E-state index in [2.05, 4.69) is 10.7 Å². The Hall–Kier alpha value is -4.26. The first-order valence-corrected chi connectivity index (χ1v) is 15.0. The molecule has 2 aromatic carbocycles. The number of amides is 2. The van der Waals surface area contributed by atoms with Crippen molar-refractivity contribution < 1.29 is 28.6 Å². The van der Waals surface area contributed by atoms with Gasteiger partial charge in [-0.2, -0.15) is 4.68 Å². The highest BCUT2D eigenvalue weighted by atomic mass is 35.5. The number of carbonyl (C=O) groups excluding carboxylic acids is 2. The SMILES string of the molecule is CC(C)(C)OC(=O)NC1CN(c2c(F)cc3c(=O)n(NC(=O)OC(C)(C)C)c(=O)n(C4CC4)c3c2Cl)CC1c1ccc(O)cc1. The van der Waals surface area contributed by atoms with Crippen molar-refractivity contribution in [2.24, 2.45) is 0 Å². The summed E-state index contributed by atoms with van der Waals surface area (Å²) in [5, 5.41) is 12.4. The summed E-state index contributed by atoms with van der Waals surface area (Å²) in [6, 6.07) is 6.63. The van der Waals surface area contributed by atoms with E-state index < -0.39 is 46.5 Å².